The van der Waals surface area contributed by atoms with Gasteiger partial charge in [0.1, 0.15) is 11.6 Å². The van der Waals surface area contributed by atoms with Gasteiger partial charge in [0.05, 0.1) is 35.6 Å². The maximum Gasteiger partial charge on any atom is 0.254 e. The first-order chi connectivity index (χ1) is 15.5. The number of benzene rings is 2. The lowest BCUT2D eigenvalue weighted by molar-refractivity contribution is 0.0674. The number of ether oxygens (including phenoxy) is 1. The minimum Gasteiger partial charge on any atom is -0.497 e. The van der Waals surface area contributed by atoms with E-state index < -0.39 is 0 Å². The van der Waals surface area contributed by atoms with Gasteiger partial charge in [0.25, 0.3) is 5.91 Å². The van der Waals surface area contributed by atoms with E-state index in [1.807, 2.05) is 24.9 Å². The fraction of sp³-hybridized carbons (Fsp3) is 0.250. The Hall–Kier alpha value is -3.81. The maximum absolute atomic E-state index is 14.1. The van der Waals surface area contributed by atoms with Gasteiger partial charge in [-0.3, -0.25) is 19.4 Å². The second kappa shape index (κ2) is 7.71. The summed E-state index contributed by atoms with van der Waals surface area (Å²) in [6, 6.07) is 9.78. The molecule has 0 bridgehead atoms. The number of nitrogens with zero attached hydrogens (tertiary/aromatic N) is 5. The number of fused-ring (bicyclic) bond motifs is 2. The van der Waals surface area contributed by atoms with Gasteiger partial charge in [-0.05, 0) is 43.7 Å². The normalized spacial score (nSPS) is 15.6. The number of hydrogen-bond donors (Lipinski definition) is 0. The number of aryl methyl sites for hydroxylation is 1. The predicted molar refractivity (Wildman–Crippen MR) is 118 cm³/mol. The number of aromatic nitrogens is 4. The first-order valence-electron chi connectivity index (χ1n) is 10.4. The molecule has 8 heteroatoms. The van der Waals surface area contributed by atoms with Gasteiger partial charge < -0.3 is 9.64 Å². The van der Waals surface area contributed by atoms with Crippen LogP contribution in [0.2, 0.25) is 0 Å². The molecule has 7 nitrogen and oxygen atoms in total. The summed E-state index contributed by atoms with van der Waals surface area (Å²) in [5, 5.41) is 4.71. The van der Waals surface area contributed by atoms with Crippen molar-refractivity contribution >= 4 is 16.9 Å². The van der Waals surface area contributed by atoms with Crippen LogP contribution in [-0.4, -0.2) is 44.2 Å². The van der Waals surface area contributed by atoms with Crippen molar-refractivity contribution in [3.63, 3.8) is 0 Å². The van der Waals surface area contributed by atoms with E-state index in [1.54, 1.807) is 35.3 Å². The zero-order chi connectivity index (χ0) is 22.4. The quantitative estimate of drug-likeness (QED) is 0.491. The minimum atomic E-state index is -0.366. The lowest BCUT2D eigenvalue weighted by atomic mass is 9.95. The Morgan fingerprint density at radius 3 is 2.69 bits per heavy atom. The third-order valence-corrected chi connectivity index (χ3v) is 6.00. The molecule has 1 aliphatic rings. The summed E-state index contributed by atoms with van der Waals surface area (Å²) in [6.07, 6.45) is 3.87. The summed E-state index contributed by atoms with van der Waals surface area (Å²) in [5.41, 5.74) is 5.41. The number of carbonyl (C=O) groups is 1. The number of halogens is 1. The molecule has 0 saturated carbocycles. The van der Waals surface area contributed by atoms with Crippen molar-refractivity contribution in [3.8, 4) is 17.0 Å². The Labute approximate surface area is 184 Å². The van der Waals surface area contributed by atoms with E-state index >= 15 is 0 Å². The average molecular weight is 431 g/mol. The van der Waals surface area contributed by atoms with Gasteiger partial charge in [-0.25, -0.2) is 4.39 Å². The van der Waals surface area contributed by atoms with Gasteiger partial charge >= 0.3 is 0 Å². The molecule has 32 heavy (non-hydrogen) atoms. The van der Waals surface area contributed by atoms with Gasteiger partial charge in [-0.2, -0.15) is 5.10 Å². The Bertz CT molecular complexity index is 1350. The summed E-state index contributed by atoms with van der Waals surface area (Å²) in [6.45, 7) is 2.51. The molecule has 2 aromatic carbocycles. The SMILES string of the molecule is COc1cc(F)cc(-c2c3c(nn2C)[C@H](C)N(C(=O)c2ccc4nccnc4c2)CC3)c1. The molecular formula is C24H22FN5O2. The highest BCUT2D eigenvalue weighted by Gasteiger charge is 2.33. The standard InChI is InChI=1S/C24H22FN5O2/c1-14-22-19(23(29(2)28-22)16-10-17(25)13-18(11-16)32-3)6-9-30(14)24(31)15-4-5-20-21(12-15)27-8-7-26-20/h4-5,7-8,10-14H,6,9H2,1-3H3/t14-/m0/s1. The smallest absolute Gasteiger partial charge is 0.254 e. The highest BCUT2D eigenvalue weighted by molar-refractivity contribution is 5.97. The number of carbonyl (C=O) groups excluding carboxylic acids is 1. The molecule has 2 aromatic heterocycles. The highest BCUT2D eigenvalue weighted by atomic mass is 19.1. The van der Waals surface area contributed by atoms with Crippen molar-refractivity contribution in [1.29, 1.82) is 0 Å². The van der Waals surface area contributed by atoms with Gasteiger partial charge in [0, 0.05) is 48.7 Å². The molecule has 1 atom stereocenters. The first kappa shape index (κ1) is 20.1. The summed E-state index contributed by atoms with van der Waals surface area (Å²) < 4.78 is 21.1. The van der Waals surface area contributed by atoms with Gasteiger partial charge in [0.15, 0.2) is 0 Å². The molecule has 0 saturated heterocycles. The lowest BCUT2D eigenvalue weighted by Crippen LogP contribution is -2.38. The molecule has 0 fully saturated rings. The number of hydrogen-bond acceptors (Lipinski definition) is 5. The van der Waals surface area contributed by atoms with Crippen LogP contribution in [0.3, 0.4) is 0 Å². The highest BCUT2D eigenvalue weighted by Crippen LogP contribution is 2.37. The Kier molecular flexibility index (Phi) is 4.84. The van der Waals surface area contributed by atoms with Crippen LogP contribution in [0.5, 0.6) is 5.75 Å². The van der Waals surface area contributed by atoms with E-state index in [2.05, 4.69) is 9.97 Å². The van der Waals surface area contributed by atoms with Crippen molar-refractivity contribution in [2.24, 2.45) is 7.05 Å². The number of methoxy groups -OCH3 is 1. The van der Waals surface area contributed by atoms with Crippen LogP contribution in [0.15, 0.2) is 48.8 Å². The van der Waals surface area contributed by atoms with Crippen LogP contribution >= 0.6 is 0 Å². The van der Waals surface area contributed by atoms with Gasteiger partial charge in [-0.15, -0.1) is 0 Å². The molecule has 0 N–H and O–H groups in total. The zero-order valence-corrected chi connectivity index (χ0v) is 18.0. The Morgan fingerprint density at radius 2 is 1.91 bits per heavy atom. The third-order valence-electron chi connectivity index (χ3n) is 6.00. The number of rotatable bonds is 3. The largest absolute Gasteiger partial charge is 0.497 e. The van der Waals surface area contributed by atoms with E-state index in [0.717, 1.165) is 22.5 Å². The molecule has 0 aliphatic carbocycles. The van der Waals surface area contributed by atoms with Crippen LogP contribution in [0.4, 0.5) is 4.39 Å². The summed E-state index contributed by atoms with van der Waals surface area (Å²) in [5.74, 6) is 0.0136. The predicted octanol–water partition coefficient (Wildman–Crippen LogP) is 3.94. The van der Waals surface area contributed by atoms with Gasteiger partial charge in [-0.1, -0.05) is 0 Å². The molecular weight excluding hydrogens is 409 g/mol. The van der Waals surface area contributed by atoms with Crippen LogP contribution < -0.4 is 4.74 Å². The third kappa shape index (κ3) is 3.28. The van der Waals surface area contributed by atoms with Crippen molar-refractivity contribution in [1.82, 2.24) is 24.6 Å². The molecule has 1 aliphatic heterocycles. The molecule has 0 unspecified atom stereocenters. The first-order valence-corrected chi connectivity index (χ1v) is 10.4. The van der Waals surface area contributed by atoms with Crippen molar-refractivity contribution in [2.75, 3.05) is 13.7 Å². The van der Waals surface area contributed by atoms with Crippen LogP contribution in [0.25, 0.3) is 22.3 Å². The summed E-state index contributed by atoms with van der Waals surface area (Å²) >= 11 is 0. The van der Waals surface area contributed by atoms with E-state index in [1.165, 1.54) is 19.2 Å². The van der Waals surface area contributed by atoms with Crippen molar-refractivity contribution in [3.05, 3.63) is 71.4 Å². The van der Waals surface area contributed by atoms with Crippen molar-refractivity contribution < 1.29 is 13.9 Å². The minimum absolute atomic E-state index is 0.0738. The van der Waals surface area contributed by atoms with Crippen LogP contribution in [0.1, 0.15) is 34.6 Å². The monoisotopic (exact) mass is 431 g/mol. The molecule has 1 amide bonds. The van der Waals surface area contributed by atoms with E-state index in [4.69, 9.17) is 9.84 Å². The summed E-state index contributed by atoms with van der Waals surface area (Å²) in [4.78, 5) is 23.7. The molecule has 162 valence electrons. The molecule has 5 rings (SSSR count). The van der Waals surface area contributed by atoms with E-state index in [-0.39, 0.29) is 17.8 Å². The topological polar surface area (TPSA) is 73.1 Å². The average Bonchev–Trinajstić information content (AvgIpc) is 3.15. The maximum atomic E-state index is 14.1. The Balaban J connectivity index is 1.50. The van der Waals surface area contributed by atoms with Crippen LogP contribution in [-0.2, 0) is 13.5 Å². The number of amides is 1. The van der Waals surface area contributed by atoms with E-state index in [0.29, 0.717) is 35.4 Å². The van der Waals surface area contributed by atoms with Gasteiger partial charge in [0.2, 0.25) is 0 Å². The fourth-order valence-corrected chi connectivity index (χ4v) is 4.46. The van der Waals surface area contributed by atoms with Crippen molar-refractivity contribution in [2.45, 2.75) is 19.4 Å². The summed E-state index contributed by atoms with van der Waals surface area (Å²) in [7, 11) is 3.35. The fourth-order valence-electron chi connectivity index (χ4n) is 4.46. The second-order valence-electron chi connectivity index (χ2n) is 7.90. The lowest BCUT2D eigenvalue weighted by Gasteiger charge is -2.33. The zero-order valence-electron chi connectivity index (χ0n) is 18.0. The van der Waals surface area contributed by atoms with E-state index in [9.17, 15) is 9.18 Å². The van der Waals surface area contributed by atoms with Crippen LogP contribution in [0, 0.1) is 5.82 Å². The molecule has 3 heterocycles. The molecule has 0 radical (unpaired) electrons. The molecule has 0 spiro atoms. The Morgan fingerprint density at radius 1 is 1.12 bits per heavy atom. The second-order valence-corrected chi connectivity index (χ2v) is 7.90. The molecule has 4 aromatic rings.